The first kappa shape index (κ1) is 16.8. The number of ether oxygens (including phenoxy) is 1. The van der Waals surface area contributed by atoms with E-state index in [0.29, 0.717) is 6.10 Å². The number of anilines is 1. The van der Waals surface area contributed by atoms with Gasteiger partial charge in [0.2, 0.25) is 0 Å². The fourth-order valence-corrected chi connectivity index (χ4v) is 3.03. The van der Waals surface area contributed by atoms with Crippen molar-refractivity contribution < 1.29 is 4.74 Å². The summed E-state index contributed by atoms with van der Waals surface area (Å²) in [7, 11) is 2.16. The van der Waals surface area contributed by atoms with Gasteiger partial charge in [0.05, 0.1) is 6.10 Å². The van der Waals surface area contributed by atoms with Crippen molar-refractivity contribution in [1.29, 1.82) is 0 Å². The highest BCUT2D eigenvalue weighted by Crippen LogP contribution is 2.26. The van der Waals surface area contributed by atoms with Gasteiger partial charge >= 0.3 is 0 Å². The molecule has 0 spiro atoms. The highest BCUT2D eigenvalue weighted by atomic mass is 79.9. The molecule has 1 aromatic carbocycles. The predicted molar refractivity (Wildman–Crippen MR) is 93.0 cm³/mol. The maximum absolute atomic E-state index is 5.76. The van der Waals surface area contributed by atoms with Crippen LogP contribution in [0.25, 0.3) is 0 Å². The summed E-state index contributed by atoms with van der Waals surface area (Å²) in [5.74, 6) is 0. The Morgan fingerprint density at radius 1 is 1.38 bits per heavy atom. The lowest BCUT2D eigenvalue weighted by Crippen LogP contribution is -2.36. The van der Waals surface area contributed by atoms with Gasteiger partial charge in [-0.1, -0.05) is 15.9 Å². The van der Waals surface area contributed by atoms with E-state index in [0.717, 1.165) is 24.2 Å². The van der Waals surface area contributed by atoms with E-state index in [1.165, 1.54) is 24.1 Å². The Kier molecular flexibility index (Phi) is 5.69. The van der Waals surface area contributed by atoms with Crippen molar-refractivity contribution in [2.45, 2.75) is 51.8 Å². The molecule has 3 nitrogen and oxygen atoms in total. The molecule has 118 valence electrons. The highest BCUT2D eigenvalue weighted by molar-refractivity contribution is 9.10. The van der Waals surface area contributed by atoms with Crippen LogP contribution >= 0.6 is 15.9 Å². The van der Waals surface area contributed by atoms with Crippen molar-refractivity contribution in [3.05, 3.63) is 28.2 Å². The van der Waals surface area contributed by atoms with Crippen LogP contribution in [-0.2, 0) is 11.3 Å². The van der Waals surface area contributed by atoms with Crippen LogP contribution in [0.2, 0.25) is 0 Å². The normalized spacial score (nSPS) is 19.0. The second-order valence-corrected chi connectivity index (χ2v) is 7.81. The number of hydrogen-bond acceptors (Lipinski definition) is 3. The van der Waals surface area contributed by atoms with Crippen LogP contribution in [0.15, 0.2) is 22.7 Å². The Hall–Kier alpha value is -0.580. The number of rotatable bonds is 5. The van der Waals surface area contributed by atoms with Gasteiger partial charge in [0.15, 0.2) is 0 Å². The number of nitrogens with zero attached hydrogens (tertiary/aromatic N) is 1. The molecular weight excluding hydrogens is 328 g/mol. The standard InChI is InChI=1S/C17H27BrN2O/c1-17(2,3)19-11-13-10-14(18)7-8-16(13)20(4)12-15-6-5-9-21-15/h7-8,10,15,19H,5-6,9,11-12H2,1-4H3. The van der Waals surface area contributed by atoms with E-state index in [1.807, 2.05) is 0 Å². The lowest BCUT2D eigenvalue weighted by atomic mass is 10.1. The number of hydrogen-bond donors (Lipinski definition) is 1. The van der Waals surface area contributed by atoms with Gasteiger partial charge in [0.1, 0.15) is 0 Å². The van der Waals surface area contributed by atoms with Crippen molar-refractivity contribution in [3.8, 4) is 0 Å². The molecule has 1 aliphatic rings. The zero-order valence-corrected chi connectivity index (χ0v) is 15.2. The lowest BCUT2D eigenvalue weighted by Gasteiger charge is -2.27. The average Bonchev–Trinajstić information content (AvgIpc) is 2.88. The fraction of sp³-hybridized carbons (Fsp3) is 0.647. The first-order valence-corrected chi connectivity index (χ1v) is 8.51. The van der Waals surface area contributed by atoms with Crippen molar-refractivity contribution >= 4 is 21.6 Å². The molecule has 1 aromatic rings. The molecule has 0 radical (unpaired) electrons. The molecule has 4 heteroatoms. The summed E-state index contributed by atoms with van der Waals surface area (Å²) in [6.07, 6.45) is 2.75. The Morgan fingerprint density at radius 2 is 2.14 bits per heavy atom. The Morgan fingerprint density at radius 3 is 2.76 bits per heavy atom. The molecule has 1 heterocycles. The third kappa shape index (κ3) is 5.28. The van der Waals surface area contributed by atoms with Gasteiger partial charge in [0, 0.05) is 42.4 Å². The highest BCUT2D eigenvalue weighted by Gasteiger charge is 2.19. The zero-order chi connectivity index (χ0) is 15.5. The van der Waals surface area contributed by atoms with E-state index in [-0.39, 0.29) is 5.54 Å². The number of likely N-dealkylation sites (N-methyl/N-ethyl adjacent to an activating group) is 1. The molecule has 1 aliphatic heterocycles. The molecule has 0 aromatic heterocycles. The third-order valence-corrected chi connectivity index (χ3v) is 4.26. The molecule has 0 bridgehead atoms. The van der Waals surface area contributed by atoms with Gasteiger partial charge in [0.25, 0.3) is 0 Å². The SMILES string of the molecule is CN(CC1CCCO1)c1ccc(Br)cc1CNC(C)(C)C. The summed E-state index contributed by atoms with van der Waals surface area (Å²) in [4.78, 5) is 2.32. The summed E-state index contributed by atoms with van der Waals surface area (Å²) in [6.45, 7) is 9.33. The molecule has 1 N–H and O–H groups in total. The monoisotopic (exact) mass is 354 g/mol. The van der Waals surface area contributed by atoms with Crippen LogP contribution in [0.3, 0.4) is 0 Å². The van der Waals surface area contributed by atoms with Crippen LogP contribution in [0.4, 0.5) is 5.69 Å². The summed E-state index contributed by atoms with van der Waals surface area (Å²) in [5.41, 5.74) is 2.72. The van der Waals surface area contributed by atoms with E-state index in [2.05, 4.69) is 72.2 Å². The first-order chi connectivity index (χ1) is 9.85. The fourth-order valence-electron chi connectivity index (χ4n) is 2.62. The van der Waals surface area contributed by atoms with Crippen LogP contribution in [-0.4, -0.2) is 31.8 Å². The predicted octanol–water partition coefficient (Wildman–Crippen LogP) is 3.95. The summed E-state index contributed by atoms with van der Waals surface area (Å²) >= 11 is 3.58. The Bertz CT molecular complexity index is 464. The zero-order valence-electron chi connectivity index (χ0n) is 13.6. The average molecular weight is 355 g/mol. The quantitative estimate of drug-likeness (QED) is 0.866. The number of benzene rings is 1. The Balaban J connectivity index is 2.09. The third-order valence-electron chi connectivity index (χ3n) is 3.76. The van der Waals surface area contributed by atoms with Crippen LogP contribution in [0.1, 0.15) is 39.2 Å². The minimum atomic E-state index is 0.118. The van der Waals surface area contributed by atoms with Gasteiger partial charge in [-0.15, -0.1) is 0 Å². The summed E-state index contributed by atoms with van der Waals surface area (Å²) < 4.78 is 6.88. The van der Waals surface area contributed by atoms with Crippen molar-refractivity contribution in [1.82, 2.24) is 5.32 Å². The topological polar surface area (TPSA) is 24.5 Å². The molecule has 1 fully saturated rings. The van der Waals surface area contributed by atoms with E-state index < -0.39 is 0 Å². The smallest absolute Gasteiger partial charge is 0.0750 e. The number of halogens is 1. The molecule has 1 atom stereocenters. The molecule has 2 rings (SSSR count). The molecule has 0 amide bonds. The molecule has 0 saturated carbocycles. The maximum Gasteiger partial charge on any atom is 0.0750 e. The second kappa shape index (κ2) is 7.12. The van der Waals surface area contributed by atoms with E-state index in [1.54, 1.807) is 0 Å². The van der Waals surface area contributed by atoms with Crippen molar-refractivity contribution in [2.24, 2.45) is 0 Å². The van der Waals surface area contributed by atoms with Crippen LogP contribution in [0, 0.1) is 0 Å². The minimum absolute atomic E-state index is 0.118. The molecule has 1 saturated heterocycles. The van der Waals surface area contributed by atoms with Gasteiger partial charge < -0.3 is 15.0 Å². The van der Waals surface area contributed by atoms with Crippen LogP contribution in [0.5, 0.6) is 0 Å². The maximum atomic E-state index is 5.76. The van der Waals surface area contributed by atoms with Gasteiger partial charge in [-0.2, -0.15) is 0 Å². The van der Waals surface area contributed by atoms with Crippen molar-refractivity contribution in [2.75, 3.05) is 25.1 Å². The first-order valence-electron chi connectivity index (χ1n) is 7.71. The van der Waals surface area contributed by atoms with Gasteiger partial charge in [-0.05, 0) is 57.4 Å². The van der Waals surface area contributed by atoms with E-state index in [4.69, 9.17) is 4.74 Å². The molecule has 1 unspecified atom stereocenters. The second-order valence-electron chi connectivity index (χ2n) is 6.89. The lowest BCUT2D eigenvalue weighted by molar-refractivity contribution is 0.116. The van der Waals surface area contributed by atoms with E-state index in [9.17, 15) is 0 Å². The molecule has 21 heavy (non-hydrogen) atoms. The largest absolute Gasteiger partial charge is 0.376 e. The minimum Gasteiger partial charge on any atom is -0.376 e. The summed E-state index contributed by atoms with van der Waals surface area (Å²) in [6, 6.07) is 6.51. The van der Waals surface area contributed by atoms with Gasteiger partial charge in [-0.25, -0.2) is 0 Å². The molecular formula is C17H27BrN2O. The Labute approximate surface area is 137 Å². The summed E-state index contributed by atoms with van der Waals surface area (Å²) in [5, 5.41) is 3.58. The molecule has 0 aliphatic carbocycles. The van der Waals surface area contributed by atoms with Crippen molar-refractivity contribution in [3.63, 3.8) is 0 Å². The number of nitrogens with one attached hydrogen (secondary N) is 1. The van der Waals surface area contributed by atoms with Gasteiger partial charge in [-0.3, -0.25) is 0 Å². The van der Waals surface area contributed by atoms with Crippen LogP contribution < -0.4 is 10.2 Å². The van der Waals surface area contributed by atoms with E-state index >= 15 is 0 Å².